The molecule has 134 valence electrons. The van der Waals surface area contributed by atoms with Crippen molar-refractivity contribution in [1.82, 2.24) is 9.97 Å². The molecule has 0 spiro atoms. The first-order valence-electron chi connectivity index (χ1n) is 8.37. The van der Waals surface area contributed by atoms with Gasteiger partial charge in [0.05, 0.1) is 13.0 Å². The summed E-state index contributed by atoms with van der Waals surface area (Å²) in [5.74, 6) is -0.299. The van der Waals surface area contributed by atoms with Gasteiger partial charge in [0.15, 0.2) is 0 Å². The highest BCUT2D eigenvalue weighted by atomic mass is 16.5. The van der Waals surface area contributed by atoms with E-state index in [9.17, 15) is 9.90 Å². The Morgan fingerprint density at radius 2 is 2.04 bits per heavy atom. The largest absolute Gasteiger partial charge is 0.494 e. The Kier molecular flexibility index (Phi) is 5.02. The molecule has 6 heteroatoms. The second-order valence-corrected chi connectivity index (χ2v) is 6.13. The highest BCUT2D eigenvalue weighted by Gasteiger charge is 2.20. The normalized spacial score (nSPS) is 12.0. The molecule has 26 heavy (non-hydrogen) atoms. The lowest BCUT2D eigenvalue weighted by Crippen LogP contribution is -2.13. The van der Waals surface area contributed by atoms with Crippen molar-refractivity contribution >= 4 is 22.8 Å². The van der Waals surface area contributed by atoms with Gasteiger partial charge in [-0.15, -0.1) is 0 Å². The van der Waals surface area contributed by atoms with Gasteiger partial charge >= 0.3 is 5.97 Å². The van der Waals surface area contributed by atoms with E-state index in [0.717, 1.165) is 22.1 Å². The lowest BCUT2D eigenvalue weighted by Gasteiger charge is -2.17. The lowest BCUT2D eigenvalue weighted by atomic mass is 9.93. The minimum Gasteiger partial charge on any atom is -0.494 e. The first kappa shape index (κ1) is 17.7. The Morgan fingerprint density at radius 3 is 2.65 bits per heavy atom. The molecule has 2 N–H and O–H groups in total. The molecule has 1 atom stereocenters. The number of ether oxygens (including phenoxy) is 1. The van der Waals surface area contributed by atoms with Gasteiger partial charge in [-0.3, -0.25) is 4.79 Å². The summed E-state index contributed by atoms with van der Waals surface area (Å²) in [6.45, 7) is 1.69. The topological polar surface area (TPSA) is 84.3 Å². The number of aromatic nitrogens is 2. The number of anilines is 1. The summed E-state index contributed by atoms with van der Waals surface area (Å²) >= 11 is 0. The van der Waals surface area contributed by atoms with Crippen molar-refractivity contribution in [3.8, 4) is 16.9 Å². The van der Waals surface area contributed by atoms with Gasteiger partial charge in [-0.05, 0) is 29.2 Å². The molecule has 0 bridgehead atoms. The molecule has 1 heterocycles. The predicted octanol–water partition coefficient (Wildman–Crippen LogP) is 3.61. The van der Waals surface area contributed by atoms with Crippen LogP contribution < -0.4 is 10.1 Å². The van der Waals surface area contributed by atoms with Crippen LogP contribution in [-0.4, -0.2) is 35.2 Å². The fourth-order valence-electron chi connectivity index (χ4n) is 3.00. The summed E-state index contributed by atoms with van der Waals surface area (Å²) in [5.41, 5.74) is 3.46. The van der Waals surface area contributed by atoms with Gasteiger partial charge in [0.2, 0.25) is 5.95 Å². The third kappa shape index (κ3) is 3.31. The molecule has 0 fully saturated rings. The van der Waals surface area contributed by atoms with Crippen molar-refractivity contribution in [3.63, 3.8) is 0 Å². The standard InChI is InChI=1S/C20H21N3O3/c1-12(19(24)25)9-14-10-15(13-7-5-4-6-8-13)16-11-22-20(21-2)23-17(16)18(14)26-3/h4-8,10-12H,9H2,1-3H3,(H,24,25)(H,21,22,23). The Morgan fingerprint density at radius 1 is 1.31 bits per heavy atom. The van der Waals surface area contributed by atoms with Gasteiger partial charge in [-0.25, -0.2) is 9.97 Å². The fourth-order valence-corrected chi connectivity index (χ4v) is 3.00. The number of fused-ring (bicyclic) bond motifs is 1. The first-order valence-corrected chi connectivity index (χ1v) is 8.37. The molecule has 3 rings (SSSR count). The molecular weight excluding hydrogens is 330 g/mol. The molecule has 2 aromatic carbocycles. The van der Waals surface area contributed by atoms with Crippen LogP contribution in [0.3, 0.4) is 0 Å². The van der Waals surface area contributed by atoms with Crippen LogP contribution in [0.4, 0.5) is 5.95 Å². The smallest absolute Gasteiger partial charge is 0.306 e. The molecule has 0 aliphatic rings. The van der Waals surface area contributed by atoms with Crippen LogP contribution in [0.1, 0.15) is 12.5 Å². The average Bonchev–Trinajstić information content (AvgIpc) is 2.67. The van der Waals surface area contributed by atoms with Gasteiger partial charge < -0.3 is 15.2 Å². The molecule has 1 unspecified atom stereocenters. The van der Waals surface area contributed by atoms with E-state index in [4.69, 9.17) is 4.74 Å². The number of carboxylic acids is 1. The second kappa shape index (κ2) is 7.39. The van der Waals surface area contributed by atoms with Gasteiger partial charge in [-0.1, -0.05) is 37.3 Å². The summed E-state index contributed by atoms with van der Waals surface area (Å²) < 4.78 is 5.62. The zero-order valence-corrected chi connectivity index (χ0v) is 15.0. The number of carboxylic acid groups (broad SMARTS) is 1. The van der Waals surface area contributed by atoms with Crippen molar-refractivity contribution in [2.45, 2.75) is 13.3 Å². The Bertz CT molecular complexity index is 942. The zero-order chi connectivity index (χ0) is 18.7. The Balaban J connectivity index is 2.30. The van der Waals surface area contributed by atoms with Gasteiger partial charge in [0.25, 0.3) is 0 Å². The van der Waals surface area contributed by atoms with Gasteiger partial charge in [0, 0.05) is 18.6 Å². The number of nitrogens with zero attached hydrogens (tertiary/aromatic N) is 2. The zero-order valence-electron chi connectivity index (χ0n) is 15.0. The van der Waals surface area contributed by atoms with E-state index in [1.807, 2.05) is 36.4 Å². The fraction of sp³-hybridized carbons (Fsp3) is 0.250. The minimum absolute atomic E-state index is 0.354. The molecule has 0 amide bonds. The van der Waals surface area contributed by atoms with E-state index in [-0.39, 0.29) is 0 Å². The number of rotatable bonds is 6. The minimum atomic E-state index is -0.841. The molecular formula is C20H21N3O3. The molecule has 0 radical (unpaired) electrons. The van der Waals surface area contributed by atoms with Crippen LogP contribution in [0.2, 0.25) is 0 Å². The number of aliphatic carboxylic acids is 1. The highest BCUT2D eigenvalue weighted by Crippen LogP contribution is 2.37. The molecule has 6 nitrogen and oxygen atoms in total. The SMILES string of the molecule is CNc1ncc2c(-c3ccccc3)cc(CC(C)C(=O)O)c(OC)c2n1. The van der Waals surface area contributed by atoms with Crippen molar-refractivity contribution in [2.75, 3.05) is 19.5 Å². The summed E-state index contributed by atoms with van der Waals surface area (Å²) in [6.07, 6.45) is 2.12. The molecule has 0 saturated heterocycles. The van der Waals surface area contributed by atoms with Crippen molar-refractivity contribution in [1.29, 1.82) is 0 Å². The number of hydrogen-bond acceptors (Lipinski definition) is 5. The molecule has 0 saturated carbocycles. The van der Waals surface area contributed by atoms with Crippen molar-refractivity contribution < 1.29 is 14.6 Å². The molecule has 1 aromatic heterocycles. The third-order valence-electron chi connectivity index (χ3n) is 4.36. The summed E-state index contributed by atoms with van der Waals surface area (Å²) in [5, 5.41) is 13.1. The number of hydrogen-bond donors (Lipinski definition) is 2. The van der Waals surface area contributed by atoms with E-state index < -0.39 is 11.9 Å². The van der Waals surface area contributed by atoms with Crippen LogP contribution >= 0.6 is 0 Å². The van der Waals surface area contributed by atoms with E-state index in [1.165, 1.54) is 0 Å². The Hall–Kier alpha value is -3.15. The maximum Gasteiger partial charge on any atom is 0.306 e. The lowest BCUT2D eigenvalue weighted by molar-refractivity contribution is -0.141. The Labute approximate surface area is 151 Å². The van der Waals surface area contributed by atoms with Crippen LogP contribution in [-0.2, 0) is 11.2 Å². The van der Waals surface area contributed by atoms with Crippen LogP contribution in [0.25, 0.3) is 22.0 Å². The molecule has 0 aliphatic carbocycles. The average molecular weight is 351 g/mol. The van der Waals surface area contributed by atoms with Gasteiger partial charge in [0.1, 0.15) is 11.3 Å². The number of benzene rings is 2. The number of nitrogens with one attached hydrogen (secondary N) is 1. The third-order valence-corrected chi connectivity index (χ3v) is 4.36. The van der Waals surface area contributed by atoms with E-state index in [1.54, 1.807) is 27.3 Å². The second-order valence-electron chi connectivity index (χ2n) is 6.13. The van der Waals surface area contributed by atoms with E-state index in [0.29, 0.717) is 23.6 Å². The van der Waals surface area contributed by atoms with Crippen molar-refractivity contribution in [2.24, 2.45) is 5.92 Å². The molecule has 0 aliphatic heterocycles. The van der Waals surface area contributed by atoms with Crippen LogP contribution in [0.5, 0.6) is 5.75 Å². The van der Waals surface area contributed by atoms with Crippen molar-refractivity contribution in [3.05, 3.63) is 48.2 Å². The highest BCUT2D eigenvalue weighted by molar-refractivity contribution is 5.99. The quantitative estimate of drug-likeness (QED) is 0.706. The van der Waals surface area contributed by atoms with Gasteiger partial charge in [-0.2, -0.15) is 0 Å². The molecule has 3 aromatic rings. The van der Waals surface area contributed by atoms with Crippen LogP contribution in [0.15, 0.2) is 42.6 Å². The maximum atomic E-state index is 11.3. The number of methoxy groups -OCH3 is 1. The summed E-state index contributed by atoms with van der Waals surface area (Å²) in [4.78, 5) is 20.2. The van der Waals surface area contributed by atoms with E-state index >= 15 is 0 Å². The van der Waals surface area contributed by atoms with Crippen LogP contribution in [0, 0.1) is 5.92 Å². The monoisotopic (exact) mass is 351 g/mol. The first-order chi connectivity index (χ1) is 12.5. The number of carbonyl (C=O) groups is 1. The predicted molar refractivity (Wildman–Crippen MR) is 102 cm³/mol. The maximum absolute atomic E-state index is 11.3. The summed E-state index contributed by atoms with van der Waals surface area (Å²) in [6, 6.07) is 11.9. The van der Waals surface area contributed by atoms with E-state index in [2.05, 4.69) is 15.3 Å². The summed E-state index contributed by atoms with van der Waals surface area (Å²) in [7, 11) is 3.33.